The highest BCUT2D eigenvalue weighted by atomic mass is 19.4. The molecule has 4 heterocycles. The van der Waals surface area contributed by atoms with E-state index in [0.717, 1.165) is 60.3 Å². The Hall–Kier alpha value is -4.21. The van der Waals surface area contributed by atoms with E-state index in [2.05, 4.69) is 20.9 Å². The highest BCUT2D eigenvalue weighted by Gasteiger charge is 2.31. The van der Waals surface area contributed by atoms with Gasteiger partial charge in [-0.3, -0.25) is 0 Å². The molecule has 2 aromatic carbocycles. The van der Waals surface area contributed by atoms with Crippen LogP contribution < -0.4 is 10.6 Å². The molecule has 0 saturated carbocycles. The summed E-state index contributed by atoms with van der Waals surface area (Å²) < 4.78 is 41.9. The predicted molar refractivity (Wildman–Crippen MR) is 132 cm³/mol. The van der Waals surface area contributed by atoms with Crippen LogP contribution in [0.25, 0.3) is 33.2 Å². The van der Waals surface area contributed by atoms with E-state index in [1.54, 1.807) is 10.7 Å². The lowest BCUT2D eigenvalue weighted by Gasteiger charge is -2.19. The second kappa shape index (κ2) is 8.47. The molecule has 182 valence electrons. The molecule has 0 aliphatic carbocycles. The van der Waals surface area contributed by atoms with E-state index >= 15 is 0 Å². The minimum atomic E-state index is -4.47. The number of anilines is 2. The van der Waals surface area contributed by atoms with Crippen molar-refractivity contribution in [3.63, 3.8) is 0 Å². The molecule has 0 radical (unpaired) electrons. The fourth-order valence-electron chi connectivity index (χ4n) is 4.82. The molecule has 1 fully saturated rings. The molecule has 1 aliphatic heterocycles. The maximum atomic E-state index is 13.4. The second-order valence-corrected chi connectivity index (χ2v) is 8.89. The number of nitrogen functional groups attached to an aromatic ring is 1. The summed E-state index contributed by atoms with van der Waals surface area (Å²) in [4.78, 5) is 15.6. The van der Waals surface area contributed by atoms with E-state index in [1.165, 1.54) is 12.4 Å². The summed E-state index contributed by atoms with van der Waals surface area (Å²) in [6.07, 6.45) is -0.876. The van der Waals surface area contributed by atoms with Crippen LogP contribution in [0.15, 0.2) is 60.9 Å². The maximum Gasteiger partial charge on any atom is 0.416 e. The van der Waals surface area contributed by atoms with E-state index in [4.69, 9.17) is 15.8 Å². The molecular weight excluding hydrogens is 467 g/mol. The molecule has 36 heavy (non-hydrogen) atoms. The van der Waals surface area contributed by atoms with E-state index < -0.39 is 11.7 Å². The number of benzene rings is 2. The summed E-state index contributed by atoms with van der Waals surface area (Å²) in [5, 5.41) is 6.11. The van der Waals surface area contributed by atoms with Crippen molar-refractivity contribution in [3.8, 4) is 11.3 Å². The van der Waals surface area contributed by atoms with Gasteiger partial charge in [-0.1, -0.05) is 30.3 Å². The normalized spacial score (nSPS) is 14.2. The van der Waals surface area contributed by atoms with Crippen LogP contribution in [0.2, 0.25) is 0 Å². The second-order valence-electron chi connectivity index (χ2n) is 8.89. The predicted octanol–water partition coefficient (Wildman–Crippen LogP) is 5.29. The topological polar surface area (TPSA) is 85.8 Å². The third-order valence-electron chi connectivity index (χ3n) is 6.56. The molecule has 0 unspecified atom stereocenters. The molecular formula is C26H22F3N7. The smallest absolute Gasteiger partial charge is 0.383 e. The quantitative estimate of drug-likeness (QED) is 0.369. The fraction of sp³-hybridized carbons (Fsp3) is 0.231. The molecule has 3 aromatic heterocycles. The summed E-state index contributed by atoms with van der Waals surface area (Å²) in [5.74, 6) is 1.07. The van der Waals surface area contributed by atoms with Gasteiger partial charge in [0.25, 0.3) is 0 Å². The number of nitrogens with zero attached hydrogens (tertiary/aromatic N) is 6. The lowest BCUT2D eigenvalue weighted by atomic mass is 10.1. The Morgan fingerprint density at radius 2 is 1.75 bits per heavy atom. The van der Waals surface area contributed by atoms with Crippen molar-refractivity contribution >= 4 is 33.6 Å². The molecule has 0 amide bonds. The standard InChI is InChI=1S/C26H22F3N7/c27-26(28,29)18-7-5-6-16(12-18)23-22-24(30)31-15-32-25(22)36(34-23)14-17-13-21(35-10-3-4-11-35)33-20-9-2-1-8-19(17)20/h1-2,5-9,12-13,15H,3-4,10-11,14H2,(H2,30,31,32). The van der Waals surface area contributed by atoms with Gasteiger partial charge in [0.1, 0.15) is 23.7 Å². The molecule has 5 aromatic rings. The van der Waals surface area contributed by atoms with E-state index in [1.807, 2.05) is 24.3 Å². The van der Waals surface area contributed by atoms with E-state index in [9.17, 15) is 13.2 Å². The Balaban J connectivity index is 1.51. The van der Waals surface area contributed by atoms with Crippen LogP contribution in [-0.2, 0) is 12.7 Å². The molecule has 1 aliphatic rings. The number of hydrogen-bond donors (Lipinski definition) is 1. The van der Waals surface area contributed by atoms with Crippen molar-refractivity contribution in [1.29, 1.82) is 0 Å². The third kappa shape index (κ3) is 3.88. The molecule has 0 spiro atoms. The van der Waals surface area contributed by atoms with E-state index in [0.29, 0.717) is 28.8 Å². The summed E-state index contributed by atoms with van der Waals surface area (Å²) in [6, 6.07) is 15.0. The Bertz CT molecular complexity index is 1590. The number of hydrogen-bond acceptors (Lipinski definition) is 6. The van der Waals surface area contributed by atoms with Crippen LogP contribution in [0.5, 0.6) is 0 Å². The molecule has 10 heteroatoms. The molecule has 0 bridgehead atoms. The van der Waals surface area contributed by atoms with E-state index in [-0.39, 0.29) is 5.82 Å². The van der Waals surface area contributed by atoms with Crippen molar-refractivity contribution < 1.29 is 13.2 Å². The summed E-state index contributed by atoms with van der Waals surface area (Å²) >= 11 is 0. The van der Waals surface area contributed by atoms with Crippen molar-refractivity contribution in [2.24, 2.45) is 0 Å². The Kier molecular flexibility index (Phi) is 5.24. The fourth-order valence-corrected chi connectivity index (χ4v) is 4.82. The lowest BCUT2D eigenvalue weighted by Crippen LogP contribution is -2.19. The Morgan fingerprint density at radius 1 is 0.944 bits per heavy atom. The molecule has 0 atom stereocenters. The van der Waals surface area contributed by atoms with Crippen LogP contribution in [0, 0.1) is 0 Å². The molecule has 7 nitrogen and oxygen atoms in total. The first-order valence-electron chi connectivity index (χ1n) is 11.7. The highest BCUT2D eigenvalue weighted by Crippen LogP contribution is 2.36. The maximum absolute atomic E-state index is 13.4. The number of aromatic nitrogens is 5. The van der Waals surface area contributed by atoms with Gasteiger partial charge in [-0.2, -0.15) is 18.3 Å². The number of halogens is 3. The minimum absolute atomic E-state index is 0.163. The number of alkyl halides is 3. The van der Waals surface area contributed by atoms with Crippen LogP contribution >= 0.6 is 0 Å². The monoisotopic (exact) mass is 489 g/mol. The van der Waals surface area contributed by atoms with Crippen LogP contribution in [-0.4, -0.2) is 37.8 Å². The van der Waals surface area contributed by atoms with Gasteiger partial charge in [0.05, 0.1) is 23.0 Å². The van der Waals surface area contributed by atoms with Gasteiger partial charge in [0.2, 0.25) is 0 Å². The first kappa shape index (κ1) is 22.3. The largest absolute Gasteiger partial charge is 0.416 e. The van der Waals surface area contributed by atoms with Crippen molar-refractivity contribution in [3.05, 3.63) is 72.1 Å². The zero-order valence-electron chi connectivity index (χ0n) is 19.2. The summed E-state index contributed by atoms with van der Waals surface area (Å²) in [5.41, 5.74) is 8.35. The zero-order valence-corrected chi connectivity index (χ0v) is 19.2. The van der Waals surface area contributed by atoms with Crippen LogP contribution in [0.4, 0.5) is 24.8 Å². The van der Waals surface area contributed by atoms with Gasteiger partial charge in [0, 0.05) is 24.0 Å². The molecule has 2 N–H and O–H groups in total. The average Bonchev–Trinajstić information content (AvgIpc) is 3.53. The van der Waals surface area contributed by atoms with Crippen LogP contribution in [0.1, 0.15) is 24.0 Å². The number of para-hydroxylation sites is 1. The number of rotatable bonds is 4. The van der Waals surface area contributed by atoms with Gasteiger partial charge in [0.15, 0.2) is 5.65 Å². The SMILES string of the molecule is Nc1ncnc2c1c(-c1cccc(C(F)(F)F)c1)nn2Cc1cc(N2CCCC2)nc2ccccc12. The highest BCUT2D eigenvalue weighted by molar-refractivity contribution is 5.98. The summed E-state index contributed by atoms with van der Waals surface area (Å²) in [7, 11) is 0. The van der Waals surface area contributed by atoms with Crippen LogP contribution in [0.3, 0.4) is 0 Å². The lowest BCUT2D eigenvalue weighted by molar-refractivity contribution is -0.137. The van der Waals surface area contributed by atoms with Gasteiger partial charge in [-0.15, -0.1) is 0 Å². The molecule has 6 rings (SSSR count). The first-order valence-corrected chi connectivity index (χ1v) is 11.7. The third-order valence-corrected chi connectivity index (χ3v) is 6.56. The number of nitrogens with two attached hydrogens (primary N) is 1. The number of fused-ring (bicyclic) bond motifs is 2. The molecule has 1 saturated heterocycles. The Morgan fingerprint density at radius 3 is 2.56 bits per heavy atom. The Labute approximate surface area is 204 Å². The van der Waals surface area contributed by atoms with Gasteiger partial charge >= 0.3 is 6.18 Å². The van der Waals surface area contributed by atoms with Crippen molar-refractivity contribution in [2.75, 3.05) is 23.7 Å². The zero-order chi connectivity index (χ0) is 24.9. The van der Waals surface area contributed by atoms with Gasteiger partial charge in [-0.05, 0) is 42.7 Å². The van der Waals surface area contributed by atoms with Crippen molar-refractivity contribution in [1.82, 2.24) is 24.7 Å². The van der Waals surface area contributed by atoms with Crippen molar-refractivity contribution in [2.45, 2.75) is 25.6 Å². The first-order chi connectivity index (χ1) is 17.4. The number of pyridine rings is 1. The average molecular weight is 490 g/mol. The van der Waals surface area contributed by atoms with Gasteiger partial charge in [-0.25, -0.2) is 19.6 Å². The summed E-state index contributed by atoms with van der Waals surface area (Å²) in [6.45, 7) is 2.26. The minimum Gasteiger partial charge on any atom is -0.383 e. The van der Waals surface area contributed by atoms with Gasteiger partial charge < -0.3 is 10.6 Å².